The standard InChI is InChI=1S/C23H23ClN8O4/c1-14(16-4-3-9-26-19(16)24)36-22(34)29-20-18(30-31-32(20)2)17-6-5-15(12-27-17)28-21(33)23(13-25)7-10-35-11-8-23/h3-6,9,12,14H,7-8,10-11H2,1-2H3,(H,28,33)(H,29,34)/t14-/m1/s1. The lowest BCUT2D eigenvalue weighted by Gasteiger charge is -2.29. The Labute approximate surface area is 211 Å². The molecule has 0 spiro atoms. The van der Waals surface area contributed by atoms with Gasteiger partial charge < -0.3 is 14.8 Å². The van der Waals surface area contributed by atoms with Crippen LogP contribution in [0.25, 0.3) is 11.4 Å². The van der Waals surface area contributed by atoms with E-state index in [-0.39, 0.29) is 11.0 Å². The quantitative estimate of drug-likeness (QED) is 0.473. The zero-order chi connectivity index (χ0) is 25.7. The van der Waals surface area contributed by atoms with Gasteiger partial charge in [0.05, 0.1) is 23.6 Å². The molecule has 2 amide bonds. The van der Waals surface area contributed by atoms with Crippen molar-refractivity contribution in [2.45, 2.75) is 25.9 Å². The van der Waals surface area contributed by atoms with E-state index in [4.69, 9.17) is 21.1 Å². The number of ether oxygens (including phenoxy) is 2. The van der Waals surface area contributed by atoms with Crippen LogP contribution in [-0.4, -0.2) is 50.2 Å². The van der Waals surface area contributed by atoms with Crippen molar-refractivity contribution in [2.24, 2.45) is 12.5 Å². The van der Waals surface area contributed by atoms with Crippen molar-refractivity contribution in [2.75, 3.05) is 23.8 Å². The van der Waals surface area contributed by atoms with E-state index in [0.29, 0.717) is 48.7 Å². The minimum Gasteiger partial charge on any atom is -0.441 e. The number of carbonyl (C=O) groups is 2. The molecule has 12 nitrogen and oxygen atoms in total. The number of rotatable bonds is 6. The van der Waals surface area contributed by atoms with E-state index in [1.807, 2.05) is 0 Å². The molecule has 3 aromatic heterocycles. The number of nitrogens with zero attached hydrogens (tertiary/aromatic N) is 6. The molecule has 0 aliphatic carbocycles. The highest BCUT2D eigenvalue weighted by Gasteiger charge is 2.40. The van der Waals surface area contributed by atoms with Crippen LogP contribution >= 0.6 is 11.6 Å². The highest BCUT2D eigenvalue weighted by molar-refractivity contribution is 6.30. The fourth-order valence-electron chi connectivity index (χ4n) is 3.69. The Balaban J connectivity index is 1.45. The van der Waals surface area contributed by atoms with Crippen LogP contribution in [0.5, 0.6) is 0 Å². The minimum atomic E-state index is -1.13. The number of halogens is 1. The zero-order valence-electron chi connectivity index (χ0n) is 19.6. The van der Waals surface area contributed by atoms with Crippen molar-refractivity contribution in [1.82, 2.24) is 25.0 Å². The minimum absolute atomic E-state index is 0.245. The summed E-state index contributed by atoms with van der Waals surface area (Å²) in [6.07, 6.45) is 2.26. The average molecular weight is 511 g/mol. The molecule has 0 bridgehead atoms. The number of pyridine rings is 2. The molecule has 1 aliphatic rings. The lowest BCUT2D eigenvalue weighted by molar-refractivity contribution is -0.126. The van der Waals surface area contributed by atoms with Crippen molar-refractivity contribution in [1.29, 1.82) is 5.26 Å². The molecule has 3 aromatic rings. The molecule has 0 radical (unpaired) electrons. The lowest BCUT2D eigenvalue weighted by Crippen LogP contribution is -2.39. The normalized spacial score (nSPS) is 15.4. The number of hydrogen-bond donors (Lipinski definition) is 2. The van der Waals surface area contributed by atoms with Gasteiger partial charge in [0.2, 0.25) is 5.91 Å². The summed E-state index contributed by atoms with van der Waals surface area (Å²) < 4.78 is 12.1. The monoisotopic (exact) mass is 510 g/mol. The van der Waals surface area contributed by atoms with Crippen LogP contribution in [0, 0.1) is 16.7 Å². The molecule has 13 heteroatoms. The number of aryl methyl sites for hydroxylation is 1. The van der Waals surface area contributed by atoms with Crippen LogP contribution in [0.3, 0.4) is 0 Å². The Kier molecular flexibility index (Phi) is 7.42. The van der Waals surface area contributed by atoms with E-state index in [0.717, 1.165) is 0 Å². The van der Waals surface area contributed by atoms with E-state index in [2.05, 4.69) is 37.0 Å². The van der Waals surface area contributed by atoms with Crippen LogP contribution in [0.2, 0.25) is 5.15 Å². The zero-order valence-corrected chi connectivity index (χ0v) is 20.3. The van der Waals surface area contributed by atoms with E-state index >= 15 is 0 Å². The van der Waals surface area contributed by atoms with Gasteiger partial charge in [0, 0.05) is 32.0 Å². The van der Waals surface area contributed by atoms with E-state index in [9.17, 15) is 14.9 Å². The van der Waals surface area contributed by atoms with Crippen molar-refractivity contribution in [3.05, 3.63) is 47.4 Å². The lowest BCUT2D eigenvalue weighted by atomic mass is 9.81. The number of aromatic nitrogens is 5. The number of amides is 2. The molecule has 0 aromatic carbocycles. The molecule has 1 saturated heterocycles. The van der Waals surface area contributed by atoms with Gasteiger partial charge in [0.15, 0.2) is 11.5 Å². The SMILES string of the molecule is C[C@@H](OC(=O)Nc1c(-c2ccc(NC(=O)C3(C#N)CCOCC3)cn2)nnn1C)c1cccnc1Cl. The van der Waals surface area contributed by atoms with Gasteiger partial charge in [0.1, 0.15) is 16.7 Å². The number of anilines is 2. The van der Waals surface area contributed by atoms with E-state index in [1.165, 1.54) is 10.9 Å². The summed E-state index contributed by atoms with van der Waals surface area (Å²) in [6.45, 7) is 2.39. The highest BCUT2D eigenvalue weighted by atomic mass is 35.5. The van der Waals surface area contributed by atoms with Gasteiger partial charge in [-0.3, -0.25) is 15.1 Å². The van der Waals surface area contributed by atoms with Crippen LogP contribution in [0.4, 0.5) is 16.3 Å². The summed E-state index contributed by atoms with van der Waals surface area (Å²) in [4.78, 5) is 33.6. The van der Waals surface area contributed by atoms with Crippen molar-refractivity contribution in [3.8, 4) is 17.5 Å². The first-order valence-corrected chi connectivity index (χ1v) is 11.5. The Morgan fingerprint density at radius 2 is 2.03 bits per heavy atom. The maximum atomic E-state index is 12.7. The Morgan fingerprint density at radius 3 is 2.69 bits per heavy atom. The number of carbonyl (C=O) groups excluding carboxylic acids is 2. The van der Waals surface area contributed by atoms with Crippen molar-refractivity contribution >= 4 is 35.1 Å². The third kappa shape index (κ3) is 5.27. The van der Waals surface area contributed by atoms with Crippen LogP contribution in [0.15, 0.2) is 36.7 Å². The van der Waals surface area contributed by atoms with Gasteiger partial charge in [-0.2, -0.15) is 5.26 Å². The fourth-order valence-corrected chi connectivity index (χ4v) is 3.96. The Hall–Kier alpha value is -4.08. The molecule has 2 N–H and O–H groups in total. The average Bonchev–Trinajstić information content (AvgIpc) is 3.24. The number of nitriles is 1. The maximum absolute atomic E-state index is 12.7. The van der Waals surface area contributed by atoms with Gasteiger partial charge in [-0.1, -0.05) is 22.9 Å². The molecular formula is C23H23ClN8O4. The van der Waals surface area contributed by atoms with Crippen molar-refractivity contribution < 1.29 is 19.1 Å². The van der Waals surface area contributed by atoms with E-state index in [1.54, 1.807) is 44.4 Å². The van der Waals surface area contributed by atoms with Crippen LogP contribution in [-0.2, 0) is 21.3 Å². The molecule has 1 atom stereocenters. The molecular weight excluding hydrogens is 488 g/mol. The van der Waals surface area contributed by atoms with Gasteiger partial charge in [-0.05, 0) is 38.0 Å². The first-order valence-electron chi connectivity index (χ1n) is 11.1. The highest BCUT2D eigenvalue weighted by Crippen LogP contribution is 2.32. The molecule has 186 valence electrons. The maximum Gasteiger partial charge on any atom is 0.413 e. The smallest absolute Gasteiger partial charge is 0.413 e. The number of hydrogen-bond acceptors (Lipinski definition) is 9. The fraction of sp³-hybridized carbons (Fsp3) is 0.348. The topological polar surface area (TPSA) is 157 Å². The number of nitrogens with one attached hydrogen (secondary N) is 2. The molecule has 36 heavy (non-hydrogen) atoms. The predicted octanol–water partition coefficient (Wildman–Crippen LogP) is 3.49. The molecule has 4 heterocycles. The van der Waals surface area contributed by atoms with Gasteiger partial charge in [0.25, 0.3) is 0 Å². The molecule has 1 fully saturated rings. The van der Waals surface area contributed by atoms with Gasteiger partial charge in [-0.15, -0.1) is 5.10 Å². The van der Waals surface area contributed by atoms with Gasteiger partial charge >= 0.3 is 6.09 Å². The summed E-state index contributed by atoms with van der Waals surface area (Å²) in [5.74, 6) is -0.130. The van der Waals surface area contributed by atoms with Crippen molar-refractivity contribution in [3.63, 3.8) is 0 Å². The Bertz CT molecular complexity index is 1300. The summed E-state index contributed by atoms with van der Waals surface area (Å²) in [6, 6.07) is 8.80. The third-order valence-corrected chi connectivity index (χ3v) is 6.13. The molecule has 0 unspecified atom stereocenters. The summed E-state index contributed by atoms with van der Waals surface area (Å²) in [7, 11) is 1.61. The second-order valence-corrected chi connectivity index (χ2v) is 8.52. The second kappa shape index (κ2) is 10.7. The van der Waals surface area contributed by atoms with E-state index < -0.39 is 23.5 Å². The van der Waals surface area contributed by atoms with Crippen LogP contribution in [0.1, 0.15) is 31.4 Å². The largest absolute Gasteiger partial charge is 0.441 e. The molecule has 4 rings (SSSR count). The summed E-state index contributed by atoms with van der Waals surface area (Å²) >= 11 is 6.08. The third-order valence-electron chi connectivity index (χ3n) is 5.82. The predicted molar refractivity (Wildman–Crippen MR) is 129 cm³/mol. The Morgan fingerprint density at radius 1 is 1.25 bits per heavy atom. The molecule has 1 aliphatic heterocycles. The second-order valence-electron chi connectivity index (χ2n) is 8.16. The first-order chi connectivity index (χ1) is 17.3. The summed E-state index contributed by atoms with van der Waals surface area (Å²) in [5, 5.41) is 23.2. The summed E-state index contributed by atoms with van der Waals surface area (Å²) in [5.41, 5.74) is 0.565. The first kappa shape index (κ1) is 25.0. The van der Waals surface area contributed by atoms with Crippen LogP contribution < -0.4 is 10.6 Å². The molecule has 0 saturated carbocycles. The van der Waals surface area contributed by atoms with Gasteiger partial charge in [-0.25, -0.2) is 14.5 Å².